The van der Waals surface area contributed by atoms with E-state index < -0.39 is 5.97 Å². The van der Waals surface area contributed by atoms with E-state index in [-0.39, 0.29) is 31.6 Å². The number of ether oxygens (including phenoxy) is 1. The summed E-state index contributed by atoms with van der Waals surface area (Å²) in [4.78, 5) is 24.3. The van der Waals surface area contributed by atoms with Crippen molar-refractivity contribution in [3.63, 3.8) is 0 Å². The van der Waals surface area contributed by atoms with Gasteiger partial charge in [0.2, 0.25) is 0 Å². The maximum atomic E-state index is 12.6. The van der Waals surface area contributed by atoms with Crippen LogP contribution in [0.1, 0.15) is 17.3 Å². The van der Waals surface area contributed by atoms with Crippen molar-refractivity contribution >= 4 is 44.2 Å². The van der Waals surface area contributed by atoms with Crippen LogP contribution in [0.15, 0.2) is 54.6 Å². The third-order valence-corrected chi connectivity index (χ3v) is 4.96. The van der Waals surface area contributed by atoms with Crippen LogP contribution in [0.25, 0.3) is 32.3 Å². The van der Waals surface area contributed by atoms with Crippen LogP contribution in [0.3, 0.4) is 0 Å². The summed E-state index contributed by atoms with van der Waals surface area (Å²) < 4.78 is 5.03. The lowest BCUT2D eigenvalue weighted by Gasteiger charge is -2.13. The van der Waals surface area contributed by atoms with E-state index in [1.54, 1.807) is 6.92 Å². The fourth-order valence-corrected chi connectivity index (χ4v) is 3.48. The summed E-state index contributed by atoms with van der Waals surface area (Å²) in [5.41, 5.74) is 0.502. The van der Waals surface area contributed by atoms with Crippen LogP contribution in [0.2, 0.25) is 0 Å². The van der Waals surface area contributed by atoms with Crippen LogP contribution in [-0.4, -0.2) is 36.7 Å². The zero-order valence-corrected chi connectivity index (χ0v) is 15.6. The van der Waals surface area contributed by atoms with Crippen molar-refractivity contribution in [2.24, 2.45) is 5.92 Å². The van der Waals surface area contributed by atoms with Crippen molar-refractivity contribution < 1.29 is 19.4 Å². The average molecular weight is 375 g/mol. The molecule has 0 fully saturated rings. The molecule has 1 unspecified atom stereocenters. The fraction of sp³-hybridized carbons (Fsp3) is 0.217. The van der Waals surface area contributed by atoms with Crippen LogP contribution in [0, 0.1) is 5.92 Å². The Bertz CT molecular complexity index is 1100. The van der Waals surface area contributed by atoms with Crippen molar-refractivity contribution in [2.75, 3.05) is 19.8 Å². The van der Waals surface area contributed by atoms with Gasteiger partial charge in [-0.1, -0.05) is 49.4 Å². The molecular formula is C23H21NO4. The molecule has 4 aromatic carbocycles. The van der Waals surface area contributed by atoms with Crippen molar-refractivity contribution in [3.05, 3.63) is 60.2 Å². The van der Waals surface area contributed by atoms with E-state index in [9.17, 15) is 9.59 Å². The van der Waals surface area contributed by atoms with E-state index >= 15 is 0 Å². The third kappa shape index (κ3) is 3.37. The molecule has 0 heterocycles. The highest BCUT2D eigenvalue weighted by molar-refractivity contribution is 6.24. The number of benzene rings is 4. The maximum absolute atomic E-state index is 12.6. The van der Waals surface area contributed by atoms with Crippen molar-refractivity contribution in [1.82, 2.24) is 5.32 Å². The lowest BCUT2D eigenvalue weighted by Crippen LogP contribution is -2.31. The highest BCUT2D eigenvalue weighted by Crippen LogP contribution is 2.34. The van der Waals surface area contributed by atoms with Gasteiger partial charge in [-0.2, -0.15) is 0 Å². The lowest BCUT2D eigenvalue weighted by atomic mass is 9.93. The van der Waals surface area contributed by atoms with Gasteiger partial charge in [-0.15, -0.1) is 0 Å². The number of aliphatic hydroxyl groups excluding tert-OH is 1. The predicted molar refractivity (Wildman–Crippen MR) is 110 cm³/mol. The molecule has 5 heteroatoms. The van der Waals surface area contributed by atoms with Gasteiger partial charge in [-0.25, -0.2) is 0 Å². The summed E-state index contributed by atoms with van der Waals surface area (Å²) in [5.74, 6) is -0.969. The first-order valence-corrected chi connectivity index (χ1v) is 9.29. The van der Waals surface area contributed by atoms with E-state index in [0.717, 1.165) is 16.2 Å². The molecule has 4 rings (SSSR count). The molecule has 0 aromatic heterocycles. The summed E-state index contributed by atoms with van der Waals surface area (Å²) in [6.07, 6.45) is 0. The Kier molecular flexibility index (Phi) is 4.84. The Hall–Kier alpha value is -3.18. The number of rotatable bonds is 6. The lowest BCUT2D eigenvalue weighted by molar-refractivity contribution is -0.143. The number of amides is 1. The standard InChI is InChI=1S/C23H21NO4/c1-14(12-25)13-28-20(26)11-24-23(27)19-9-17-7-5-15-3-2-4-16-6-8-18(10-19)22(17)21(15)16/h2-10,14,25H,11-13H2,1H3,(H,24,27). The van der Waals surface area contributed by atoms with Gasteiger partial charge in [0.25, 0.3) is 5.91 Å². The minimum atomic E-state index is -0.522. The minimum Gasteiger partial charge on any atom is -0.464 e. The molecule has 0 aliphatic rings. The van der Waals surface area contributed by atoms with Crippen molar-refractivity contribution in [1.29, 1.82) is 0 Å². The molecule has 0 aliphatic heterocycles. The Morgan fingerprint density at radius 3 is 2.14 bits per heavy atom. The highest BCUT2D eigenvalue weighted by atomic mass is 16.5. The molecule has 5 nitrogen and oxygen atoms in total. The number of esters is 1. The summed E-state index contributed by atoms with van der Waals surface area (Å²) in [6.45, 7) is 1.64. The van der Waals surface area contributed by atoms with E-state index in [1.165, 1.54) is 16.2 Å². The second kappa shape index (κ2) is 7.44. The SMILES string of the molecule is CC(CO)COC(=O)CNC(=O)c1cc2ccc3cccc4ccc(c1)c2c34. The van der Waals surface area contributed by atoms with Crippen molar-refractivity contribution in [2.45, 2.75) is 6.92 Å². The number of aliphatic hydroxyl groups is 1. The van der Waals surface area contributed by atoms with E-state index in [1.807, 2.05) is 30.3 Å². The Morgan fingerprint density at radius 1 is 0.964 bits per heavy atom. The summed E-state index contributed by atoms with van der Waals surface area (Å²) >= 11 is 0. The second-order valence-electron chi connectivity index (χ2n) is 7.16. The predicted octanol–water partition coefficient (Wildman–Crippen LogP) is 3.49. The molecular weight excluding hydrogens is 354 g/mol. The summed E-state index contributed by atoms with van der Waals surface area (Å²) in [6, 6.07) is 18.1. The van der Waals surface area contributed by atoms with E-state index in [4.69, 9.17) is 9.84 Å². The molecule has 0 aliphatic carbocycles. The summed E-state index contributed by atoms with van der Waals surface area (Å²) in [7, 11) is 0. The first kappa shape index (κ1) is 18.2. The van der Waals surface area contributed by atoms with Crippen LogP contribution in [0.5, 0.6) is 0 Å². The van der Waals surface area contributed by atoms with Crippen LogP contribution < -0.4 is 5.32 Å². The molecule has 1 amide bonds. The molecule has 1 atom stereocenters. The van der Waals surface area contributed by atoms with Gasteiger partial charge in [0, 0.05) is 18.1 Å². The van der Waals surface area contributed by atoms with Crippen LogP contribution in [0.4, 0.5) is 0 Å². The maximum Gasteiger partial charge on any atom is 0.325 e. The Balaban J connectivity index is 1.57. The minimum absolute atomic E-state index is 0.0522. The molecule has 4 aromatic rings. The molecule has 0 radical (unpaired) electrons. The zero-order chi connectivity index (χ0) is 19.7. The molecule has 0 bridgehead atoms. The van der Waals surface area contributed by atoms with Gasteiger partial charge in [0.15, 0.2) is 0 Å². The van der Waals surface area contributed by atoms with E-state index in [0.29, 0.717) is 5.56 Å². The van der Waals surface area contributed by atoms with Crippen LogP contribution >= 0.6 is 0 Å². The first-order chi connectivity index (χ1) is 13.6. The Morgan fingerprint density at radius 2 is 1.54 bits per heavy atom. The number of carbonyl (C=O) groups excluding carboxylic acids is 2. The quantitative estimate of drug-likeness (QED) is 0.400. The largest absolute Gasteiger partial charge is 0.464 e. The van der Waals surface area contributed by atoms with Gasteiger partial charge >= 0.3 is 5.97 Å². The third-order valence-electron chi connectivity index (χ3n) is 4.96. The van der Waals surface area contributed by atoms with Gasteiger partial charge in [-0.3, -0.25) is 9.59 Å². The molecule has 2 N–H and O–H groups in total. The average Bonchev–Trinajstić information content (AvgIpc) is 2.73. The topological polar surface area (TPSA) is 75.6 Å². The molecule has 0 saturated carbocycles. The van der Waals surface area contributed by atoms with Gasteiger partial charge in [0.1, 0.15) is 6.54 Å². The number of nitrogens with one attached hydrogen (secondary N) is 1. The van der Waals surface area contributed by atoms with Gasteiger partial charge < -0.3 is 15.2 Å². The summed E-state index contributed by atoms with van der Waals surface area (Å²) in [5, 5.41) is 18.2. The van der Waals surface area contributed by atoms with E-state index in [2.05, 4.69) is 29.6 Å². The van der Waals surface area contributed by atoms with Crippen molar-refractivity contribution in [3.8, 4) is 0 Å². The molecule has 28 heavy (non-hydrogen) atoms. The monoisotopic (exact) mass is 375 g/mol. The van der Waals surface area contributed by atoms with Crippen LogP contribution in [-0.2, 0) is 9.53 Å². The van der Waals surface area contributed by atoms with Gasteiger partial charge in [0.05, 0.1) is 6.61 Å². The number of hydrogen-bond donors (Lipinski definition) is 2. The number of hydrogen-bond acceptors (Lipinski definition) is 4. The first-order valence-electron chi connectivity index (χ1n) is 9.29. The smallest absolute Gasteiger partial charge is 0.325 e. The molecule has 0 saturated heterocycles. The number of carbonyl (C=O) groups is 2. The normalized spacial score (nSPS) is 12.5. The van der Waals surface area contributed by atoms with Gasteiger partial charge in [-0.05, 0) is 44.5 Å². The fourth-order valence-electron chi connectivity index (χ4n) is 3.48. The zero-order valence-electron chi connectivity index (χ0n) is 15.6. The molecule has 0 spiro atoms. The Labute approximate surface area is 162 Å². The second-order valence-corrected chi connectivity index (χ2v) is 7.16. The molecule has 142 valence electrons. The highest BCUT2D eigenvalue weighted by Gasteiger charge is 2.14.